The monoisotopic (exact) mass is 301 g/mol. The van der Waals surface area contributed by atoms with Crippen LogP contribution in [0, 0.1) is 0 Å². The van der Waals surface area contributed by atoms with E-state index >= 15 is 0 Å². The summed E-state index contributed by atoms with van der Waals surface area (Å²) in [5.41, 5.74) is 0.480. The lowest BCUT2D eigenvalue weighted by Crippen LogP contribution is -2.43. The first-order valence-corrected chi connectivity index (χ1v) is 7.42. The first-order chi connectivity index (χ1) is 10.7. The summed E-state index contributed by atoms with van der Waals surface area (Å²) in [5.74, 6) is -0.481. The van der Waals surface area contributed by atoms with Crippen LogP contribution in [0.2, 0.25) is 0 Å². The van der Waals surface area contributed by atoms with Crippen LogP contribution in [0.25, 0.3) is 10.8 Å². The predicted molar refractivity (Wildman–Crippen MR) is 82.3 cm³/mol. The third-order valence-corrected chi connectivity index (χ3v) is 3.81. The van der Waals surface area contributed by atoms with Gasteiger partial charge >= 0.3 is 5.97 Å². The summed E-state index contributed by atoms with van der Waals surface area (Å²) < 4.78 is 5.28. The average Bonchev–Trinajstić information content (AvgIpc) is 2.59. The number of carbonyl (C=O) groups excluding carboxylic acids is 1. The fourth-order valence-corrected chi connectivity index (χ4v) is 2.48. The van der Waals surface area contributed by atoms with E-state index in [4.69, 9.17) is 14.5 Å². The third-order valence-electron chi connectivity index (χ3n) is 3.81. The molecule has 5 heteroatoms. The summed E-state index contributed by atoms with van der Waals surface area (Å²) >= 11 is 0. The van der Waals surface area contributed by atoms with Crippen molar-refractivity contribution < 1.29 is 19.3 Å². The number of benzene rings is 2. The lowest BCUT2D eigenvalue weighted by Gasteiger charge is -2.30. The maximum Gasteiger partial charge on any atom is 0.373 e. The Morgan fingerprint density at radius 3 is 2.64 bits per heavy atom. The Balaban J connectivity index is 1.60. The van der Waals surface area contributed by atoms with Crippen LogP contribution < -0.4 is 0 Å². The minimum absolute atomic E-state index is 0.284. The van der Waals surface area contributed by atoms with Gasteiger partial charge in [0, 0.05) is 13.1 Å². The zero-order valence-electron chi connectivity index (χ0n) is 12.5. The Morgan fingerprint density at radius 2 is 1.86 bits per heavy atom. The first kappa shape index (κ1) is 15.0. The molecule has 0 radical (unpaired) electrons. The first-order valence-electron chi connectivity index (χ1n) is 7.42. The molecule has 3 rings (SSSR count). The molecule has 1 aliphatic heterocycles. The Morgan fingerprint density at radius 1 is 1.14 bits per heavy atom. The van der Waals surface area contributed by atoms with Crippen LogP contribution in [0.5, 0.6) is 0 Å². The van der Waals surface area contributed by atoms with Crippen molar-refractivity contribution in [2.75, 3.05) is 26.3 Å². The highest BCUT2D eigenvalue weighted by Crippen LogP contribution is 2.16. The molecule has 2 aromatic carbocycles. The van der Waals surface area contributed by atoms with Gasteiger partial charge in [0.1, 0.15) is 0 Å². The molecule has 22 heavy (non-hydrogen) atoms. The SMILES string of the molecule is CC(OOC(=O)c1ccc2ccccc2c1)N1CCOCC1. The van der Waals surface area contributed by atoms with E-state index in [0.717, 1.165) is 23.9 Å². The minimum atomic E-state index is -0.481. The zero-order valence-corrected chi connectivity index (χ0v) is 12.5. The van der Waals surface area contributed by atoms with Crippen molar-refractivity contribution in [1.82, 2.24) is 4.90 Å². The second-order valence-electron chi connectivity index (χ2n) is 5.28. The molecule has 0 aromatic heterocycles. The van der Waals surface area contributed by atoms with Gasteiger partial charge in [0.25, 0.3) is 0 Å². The van der Waals surface area contributed by atoms with Crippen molar-refractivity contribution in [3.8, 4) is 0 Å². The Labute approximate surface area is 129 Å². The molecule has 1 heterocycles. The molecule has 0 amide bonds. The van der Waals surface area contributed by atoms with Gasteiger partial charge in [-0.15, -0.1) is 0 Å². The van der Waals surface area contributed by atoms with Crippen molar-refractivity contribution in [3.63, 3.8) is 0 Å². The Bertz CT molecular complexity index is 652. The van der Waals surface area contributed by atoms with Gasteiger partial charge in [-0.1, -0.05) is 30.3 Å². The highest BCUT2D eigenvalue weighted by molar-refractivity contribution is 5.95. The molecule has 1 unspecified atom stereocenters. The Hall–Kier alpha value is -1.95. The van der Waals surface area contributed by atoms with Crippen molar-refractivity contribution in [2.24, 2.45) is 0 Å². The number of rotatable bonds is 4. The number of morpholine rings is 1. The quantitative estimate of drug-likeness (QED) is 0.642. The molecule has 1 aliphatic rings. The van der Waals surface area contributed by atoms with Crippen LogP contribution in [0.1, 0.15) is 17.3 Å². The lowest BCUT2D eigenvalue weighted by atomic mass is 10.1. The summed E-state index contributed by atoms with van der Waals surface area (Å²) in [5, 5.41) is 2.08. The van der Waals surface area contributed by atoms with Crippen LogP contribution in [0.15, 0.2) is 42.5 Å². The number of carbonyl (C=O) groups is 1. The summed E-state index contributed by atoms with van der Waals surface area (Å²) in [7, 11) is 0. The summed E-state index contributed by atoms with van der Waals surface area (Å²) in [6.07, 6.45) is -0.284. The van der Waals surface area contributed by atoms with E-state index in [-0.39, 0.29) is 6.23 Å². The zero-order chi connectivity index (χ0) is 15.4. The van der Waals surface area contributed by atoms with E-state index < -0.39 is 5.97 Å². The van der Waals surface area contributed by atoms with Crippen molar-refractivity contribution in [1.29, 1.82) is 0 Å². The molecule has 0 saturated carbocycles. The molecule has 0 spiro atoms. The molecular weight excluding hydrogens is 282 g/mol. The summed E-state index contributed by atoms with van der Waals surface area (Å²) in [6.45, 7) is 4.75. The number of ether oxygens (including phenoxy) is 1. The van der Waals surface area contributed by atoms with E-state index in [9.17, 15) is 4.79 Å². The molecular formula is C17H19NO4. The highest BCUT2D eigenvalue weighted by atomic mass is 17.2. The largest absolute Gasteiger partial charge is 0.379 e. The normalized spacial score (nSPS) is 17.3. The average molecular weight is 301 g/mol. The number of hydrogen-bond acceptors (Lipinski definition) is 5. The Kier molecular flexibility index (Phi) is 4.68. The topological polar surface area (TPSA) is 48.0 Å². The van der Waals surface area contributed by atoms with E-state index in [1.54, 1.807) is 12.1 Å². The van der Waals surface area contributed by atoms with Gasteiger partial charge in [0.2, 0.25) is 0 Å². The van der Waals surface area contributed by atoms with Crippen LogP contribution >= 0.6 is 0 Å². The predicted octanol–water partition coefficient (Wildman–Crippen LogP) is 2.61. The van der Waals surface area contributed by atoms with Gasteiger partial charge in [-0.05, 0) is 29.8 Å². The van der Waals surface area contributed by atoms with E-state index in [1.165, 1.54) is 0 Å². The molecule has 1 fully saturated rings. The molecule has 2 aromatic rings. The van der Waals surface area contributed by atoms with Crippen molar-refractivity contribution >= 4 is 16.7 Å². The van der Waals surface area contributed by atoms with Crippen LogP contribution in [-0.2, 0) is 14.5 Å². The van der Waals surface area contributed by atoms with Gasteiger partial charge < -0.3 is 4.74 Å². The van der Waals surface area contributed by atoms with E-state index in [2.05, 4.69) is 4.90 Å². The number of hydrogen-bond donors (Lipinski definition) is 0. The van der Waals surface area contributed by atoms with Gasteiger partial charge in [-0.3, -0.25) is 9.79 Å². The van der Waals surface area contributed by atoms with Crippen molar-refractivity contribution in [2.45, 2.75) is 13.2 Å². The molecule has 0 bridgehead atoms. The van der Waals surface area contributed by atoms with Crippen LogP contribution in [0.3, 0.4) is 0 Å². The van der Waals surface area contributed by atoms with Crippen molar-refractivity contribution in [3.05, 3.63) is 48.0 Å². The fourth-order valence-electron chi connectivity index (χ4n) is 2.48. The van der Waals surface area contributed by atoms with E-state index in [0.29, 0.717) is 18.8 Å². The summed E-state index contributed by atoms with van der Waals surface area (Å²) in [4.78, 5) is 24.4. The maximum absolute atomic E-state index is 12.1. The molecule has 5 nitrogen and oxygen atoms in total. The van der Waals surface area contributed by atoms with Gasteiger partial charge in [-0.25, -0.2) is 4.79 Å². The van der Waals surface area contributed by atoms with Gasteiger partial charge in [0.15, 0.2) is 6.23 Å². The molecule has 1 atom stereocenters. The number of fused-ring (bicyclic) bond motifs is 1. The second-order valence-corrected chi connectivity index (χ2v) is 5.28. The van der Waals surface area contributed by atoms with Crippen LogP contribution in [0.4, 0.5) is 0 Å². The van der Waals surface area contributed by atoms with Gasteiger partial charge in [0.05, 0.1) is 18.8 Å². The standard InChI is InChI=1S/C17H19NO4/c1-13(18-8-10-20-11-9-18)21-22-17(19)16-7-6-14-4-2-3-5-15(14)12-16/h2-7,12-13H,8-11H2,1H3. The second kappa shape index (κ2) is 6.87. The van der Waals surface area contributed by atoms with Crippen LogP contribution in [-0.4, -0.2) is 43.4 Å². The highest BCUT2D eigenvalue weighted by Gasteiger charge is 2.20. The molecule has 0 aliphatic carbocycles. The third kappa shape index (κ3) is 3.44. The minimum Gasteiger partial charge on any atom is -0.379 e. The summed E-state index contributed by atoms with van der Waals surface area (Å²) in [6, 6.07) is 13.3. The van der Waals surface area contributed by atoms with E-state index in [1.807, 2.05) is 37.3 Å². The maximum atomic E-state index is 12.1. The lowest BCUT2D eigenvalue weighted by molar-refractivity contribution is -0.306. The van der Waals surface area contributed by atoms with Gasteiger partial charge in [-0.2, -0.15) is 4.89 Å². The fraction of sp³-hybridized carbons (Fsp3) is 0.353. The molecule has 0 N–H and O–H groups in total. The number of nitrogens with zero attached hydrogens (tertiary/aromatic N) is 1. The molecule has 116 valence electrons. The smallest absolute Gasteiger partial charge is 0.373 e. The molecule has 1 saturated heterocycles.